The summed E-state index contributed by atoms with van der Waals surface area (Å²) in [6.07, 6.45) is 4.90. The van der Waals surface area contributed by atoms with Crippen LogP contribution in [0.2, 0.25) is 0 Å². The highest BCUT2D eigenvalue weighted by molar-refractivity contribution is 5.83. The lowest BCUT2D eigenvalue weighted by Gasteiger charge is -2.22. The monoisotopic (exact) mass is 184 g/mol. The number of carbonyl (C=O) groups excluding carboxylic acids is 1. The Kier molecular flexibility index (Phi) is 4.43. The molecule has 0 aromatic carbocycles. The molecule has 13 heavy (non-hydrogen) atoms. The Hall–Kier alpha value is -0.370. The van der Waals surface area contributed by atoms with Crippen LogP contribution < -0.4 is 0 Å². The molecular formula is C11H20O2. The number of Topliss-reactive ketones (excluding diaryl/α,β-unsaturated/α-hetero) is 1. The maximum Gasteiger partial charge on any atom is 0.161 e. The molecule has 1 rings (SSSR count). The van der Waals surface area contributed by atoms with Gasteiger partial charge < -0.3 is 4.74 Å². The fourth-order valence-corrected chi connectivity index (χ4v) is 1.61. The molecule has 1 heterocycles. The third-order valence-electron chi connectivity index (χ3n) is 2.79. The predicted octanol–water partition coefficient (Wildman–Crippen LogP) is 2.56. The molecule has 0 aliphatic carbocycles. The molecule has 0 aromatic rings. The summed E-state index contributed by atoms with van der Waals surface area (Å²) in [6.45, 7) is 5.03. The highest BCUT2D eigenvalue weighted by Crippen LogP contribution is 2.17. The summed E-state index contributed by atoms with van der Waals surface area (Å²) < 4.78 is 5.44. The molecule has 2 heteroatoms. The van der Waals surface area contributed by atoms with Crippen molar-refractivity contribution in [1.82, 2.24) is 0 Å². The van der Waals surface area contributed by atoms with Crippen molar-refractivity contribution in [3.63, 3.8) is 0 Å². The van der Waals surface area contributed by atoms with E-state index >= 15 is 0 Å². The lowest BCUT2D eigenvalue weighted by atomic mass is 9.96. The first-order valence-electron chi connectivity index (χ1n) is 5.38. The van der Waals surface area contributed by atoms with Crippen LogP contribution in [0.15, 0.2) is 0 Å². The van der Waals surface area contributed by atoms with E-state index in [4.69, 9.17) is 4.74 Å². The number of hydrogen-bond acceptors (Lipinski definition) is 2. The van der Waals surface area contributed by atoms with Gasteiger partial charge in [0.15, 0.2) is 5.78 Å². The average molecular weight is 184 g/mol. The zero-order valence-electron chi connectivity index (χ0n) is 8.71. The molecule has 2 unspecified atom stereocenters. The minimum absolute atomic E-state index is 0.0808. The number of carbonyl (C=O) groups is 1. The van der Waals surface area contributed by atoms with E-state index in [2.05, 4.69) is 13.8 Å². The van der Waals surface area contributed by atoms with Crippen LogP contribution in [0.5, 0.6) is 0 Å². The molecule has 1 aliphatic rings. The maximum atomic E-state index is 11.6. The lowest BCUT2D eigenvalue weighted by Crippen LogP contribution is -2.29. The number of hydrogen-bond donors (Lipinski definition) is 0. The van der Waals surface area contributed by atoms with E-state index in [1.807, 2.05) is 0 Å². The third kappa shape index (κ3) is 3.47. The Bertz CT molecular complexity index is 159. The molecule has 76 valence electrons. The van der Waals surface area contributed by atoms with Gasteiger partial charge in [-0.15, -0.1) is 0 Å². The van der Waals surface area contributed by atoms with E-state index in [1.165, 1.54) is 0 Å². The SMILES string of the molecule is CCC(C)CC(=O)C1CCCCO1. The van der Waals surface area contributed by atoms with Crippen molar-refractivity contribution < 1.29 is 9.53 Å². The molecule has 0 bridgehead atoms. The van der Waals surface area contributed by atoms with E-state index in [0.29, 0.717) is 18.1 Å². The smallest absolute Gasteiger partial charge is 0.161 e. The van der Waals surface area contributed by atoms with Gasteiger partial charge in [-0.1, -0.05) is 20.3 Å². The van der Waals surface area contributed by atoms with E-state index < -0.39 is 0 Å². The van der Waals surface area contributed by atoms with Crippen LogP contribution in [-0.2, 0) is 9.53 Å². The Morgan fingerprint density at radius 2 is 2.31 bits per heavy atom. The van der Waals surface area contributed by atoms with E-state index in [-0.39, 0.29) is 6.10 Å². The average Bonchev–Trinajstić information content (AvgIpc) is 2.19. The first-order valence-corrected chi connectivity index (χ1v) is 5.38. The maximum absolute atomic E-state index is 11.6. The summed E-state index contributed by atoms with van der Waals surface area (Å²) in [7, 11) is 0. The predicted molar refractivity (Wildman–Crippen MR) is 52.7 cm³/mol. The molecule has 0 saturated carbocycles. The minimum Gasteiger partial charge on any atom is -0.370 e. The molecule has 1 saturated heterocycles. The van der Waals surface area contributed by atoms with Crippen molar-refractivity contribution in [2.45, 2.75) is 52.1 Å². The molecule has 0 spiro atoms. The Morgan fingerprint density at radius 3 is 2.85 bits per heavy atom. The molecule has 1 fully saturated rings. The first kappa shape index (κ1) is 10.7. The van der Waals surface area contributed by atoms with E-state index in [9.17, 15) is 4.79 Å². The molecule has 0 N–H and O–H groups in total. The van der Waals surface area contributed by atoms with Gasteiger partial charge in [0.05, 0.1) is 0 Å². The van der Waals surface area contributed by atoms with E-state index in [1.54, 1.807) is 0 Å². The second-order valence-electron chi connectivity index (χ2n) is 4.04. The molecular weight excluding hydrogens is 164 g/mol. The van der Waals surface area contributed by atoms with Gasteiger partial charge >= 0.3 is 0 Å². The van der Waals surface area contributed by atoms with Crippen LogP contribution in [0.3, 0.4) is 0 Å². The number of ketones is 1. The second kappa shape index (κ2) is 5.38. The van der Waals surface area contributed by atoms with Gasteiger partial charge in [-0.2, -0.15) is 0 Å². The van der Waals surface area contributed by atoms with Gasteiger partial charge in [0.2, 0.25) is 0 Å². The second-order valence-corrected chi connectivity index (χ2v) is 4.04. The van der Waals surface area contributed by atoms with Crippen molar-refractivity contribution in [3.05, 3.63) is 0 Å². The topological polar surface area (TPSA) is 26.3 Å². The largest absolute Gasteiger partial charge is 0.370 e. The van der Waals surface area contributed by atoms with E-state index in [0.717, 1.165) is 32.3 Å². The molecule has 0 amide bonds. The fraction of sp³-hybridized carbons (Fsp3) is 0.909. The summed E-state index contributed by atoms with van der Waals surface area (Å²) in [5.74, 6) is 0.826. The normalized spacial score (nSPS) is 25.5. The lowest BCUT2D eigenvalue weighted by molar-refractivity contribution is -0.134. The summed E-state index contributed by atoms with van der Waals surface area (Å²) in [5.41, 5.74) is 0. The van der Waals surface area contributed by atoms with Gasteiger partial charge in [-0.25, -0.2) is 0 Å². The number of rotatable bonds is 4. The van der Waals surface area contributed by atoms with Crippen LogP contribution in [-0.4, -0.2) is 18.5 Å². The van der Waals surface area contributed by atoms with Crippen LogP contribution in [0.4, 0.5) is 0 Å². The zero-order chi connectivity index (χ0) is 9.68. The highest BCUT2D eigenvalue weighted by Gasteiger charge is 2.22. The van der Waals surface area contributed by atoms with Crippen molar-refractivity contribution in [1.29, 1.82) is 0 Å². The van der Waals surface area contributed by atoms with Gasteiger partial charge in [0.25, 0.3) is 0 Å². The van der Waals surface area contributed by atoms with Crippen LogP contribution in [0.1, 0.15) is 46.0 Å². The molecule has 2 nitrogen and oxygen atoms in total. The fourth-order valence-electron chi connectivity index (χ4n) is 1.61. The Balaban J connectivity index is 2.29. The minimum atomic E-state index is -0.0808. The van der Waals surface area contributed by atoms with Gasteiger partial charge in [0, 0.05) is 13.0 Å². The molecule has 0 radical (unpaired) electrons. The number of ether oxygens (including phenoxy) is 1. The van der Waals surface area contributed by atoms with Gasteiger partial charge in [-0.05, 0) is 25.2 Å². The molecule has 1 aliphatic heterocycles. The summed E-state index contributed by atoms with van der Waals surface area (Å²) in [4.78, 5) is 11.6. The van der Waals surface area contributed by atoms with Crippen molar-refractivity contribution in [2.24, 2.45) is 5.92 Å². The van der Waals surface area contributed by atoms with Crippen molar-refractivity contribution >= 4 is 5.78 Å². The first-order chi connectivity index (χ1) is 6.24. The Labute approximate surface area is 80.7 Å². The van der Waals surface area contributed by atoms with Crippen LogP contribution in [0.25, 0.3) is 0 Å². The summed E-state index contributed by atoms with van der Waals surface area (Å²) in [6, 6.07) is 0. The Morgan fingerprint density at radius 1 is 1.54 bits per heavy atom. The zero-order valence-corrected chi connectivity index (χ0v) is 8.71. The van der Waals surface area contributed by atoms with Crippen LogP contribution >= 0.6 is 0 Å². The van der Waals surface area contributed by atoms with Crippen LogP contribution in [0, 0.1) is 5.92 Å². The van der Waals surface area contributed by atoms with Crippen molar-refractivity contribution in [3.8, 4) is 0 Å². The molecule has 0 aromatic heterocycles. The summed E-state index contributed by atoms with van der Waals surface area (Å²) in [5, 5.41) is 0. The summed E-state index contributed by atoms with van der Waals surface area (Å²) >= 11 is 0. The standard InChI is InChI=1S/C11H20O2/c1-3-9(2)8-10(12)11-6-4-5-7-13-11/h9,11H,3-8H2,1-2H3. The van der Waals surface area contributed by atoms with Crippen molar-refractivity contribution in [2.75, 3.05) is 6.61 Å². The highest BCUT2D eigenvalue weighted by atomic mass is 16.5. The molecule has 2 atom stereocenters. The van der Waals surface area contributed by atoms with Gasteiger partial charge in [-0.3, -0.25) is 4.79 Å². The quantitative estimate of drug-likeness (QED) is 0.671. The van der Waals surface area contributed by atoms with Gasteiger partial charge in [0.1, 0.15) is 6.10 Å². The third-order valence-corrected chi connectivity index (χ3v) is 2.79.